The van der Waals surface area contributed by atoms with E-state index < -0.39 is 0 Å². The summed E-state index contributed by atoms with van der Waals surface area (Å²) >= 11 is 0. The molecule has 0 saturated carbocycles. The molecule has 0 radical (unpaired) electrons. The Morgan fingerprint density at radius 2 is 1.94 bits per heavy atom. The number of rotatable bonds is 3. The van der Waals surface area contributed by atoms with E-state index in [0.29, 0.717) is 6.42 Å². The zero-order chi connectivity index (χ0) is 12.1. The smallest absolute Gasteiger partial charge is 0.225 e. The minimum Gasteiger partial charge on any atom is -0.345 e. The first kappa shape index (κ1) is 11.2. The molecular weight excluding hydrogens is 210 g/mol. The van der Waals surface area contributed by atoms with Gasteiger partial charge in [-0.05, 0) is 16.3 Å². The van der Waals surface area contributed by atoms with Gasteiger partial charge in [-0.2, -0.15) is 0 Å². The van der Waals surface area contributed by atoms with Gasteiger partial charge in [0.05, 0.1) is 13.0 Å². The van der Waals surface area contributed by atoms with Crippen molar-refractivity contribution in [3.8, 4) is 12.3 Å². The molecule has 17 heavy (non-hydrogen) atoms. The SMILES string of the molecule is C#CCNC(=O)Cc1ccc2ccccc2c1. The van der Waals surface area contributed by atoms with E-state index in [1.54, 1.807) is 0 Å². The first-order valence-electron chi connectivity index (χ1n) is 5.47. The van der Waals surface area contributed by atoms with Gasteiger partial charge < -0.3 is 5.32 Å². The zero-order valence-electron chi connectivity index (χ0n) is 9.44. The minimum absolute atomic E-state index is 0.0433. The summed E-state index contributed by atoms with van der Waals surface area (Å²) in [5.74, 6) is 2.34. The first-order valence-corrected chi connectivity index (χ1v) is 5.47. The number of fused-ring (bicyclic) bond motifs is 1. The maximum atomic E-state index is 11.5. The van der Waals surface area contributed by atoms with E-state index in [1.165, 1.54) is 5.39 Å². The minimum atomic E-state index is -0.0433. The van der Waals surface area contributed by atoms with Crippen molar-refractivity contribution in [2.75, 3.05) is 6.54 Å². The number of nitrogens with one attached hydrogen (secondary N) is 1. The Balaban J connectivity index is 2.14. The highest BCUT2D eigenvalue weighted by Gasteiger charge is 2.02. The summed E-state index contributed by atoms with van der Waals surface area (Å²) in [4.78, 5) is 11.5. The number of carbonyl (C=O) groups excluding carboxylic acids is 1. The van der Waals surface area contributed by atoms with E-state index in [9.17, 15) is 4.79 Å². The molecule has 0 aliphatic rings. The van der Waals surface area contributed by atoms with Crippen LogP contribution < -0.4 is 5.32 Å². The van der Waals surface area contributed by atoms with Crippen molar-refractivity contribution >= 4 is 16.7 Å². The molecule has 2 rings (SSSR count). The maximum Gasteiger partial charge on any atom is 0.225 e. The molecule has 0 saturated heterocycles. The second kappa shape index (κ2) is 5.18. The van der Waals surface area contributed by atoms with Gasteiger partial charge >= 0.3 is 0 Å². The predicted octanol–water partition coefficient (Wildman–Crippen LogP) is 2.13. The van der Waals surface area contributed by atoms with Gasteiger partial charge in [-0.1, -0.05) is 48.4 Å². The van der Waals surface area contributed by atoms with Crippen LogP contribution in [0.4, 0.5) is 0 Å². The van der Waals surface area contributed by atoms with Gasteiger partial charge in [0.1, 0.15) is 0 Å². The highest BCUT2D eigenvalue weighted by Crippen LogP contribution is 2.15. The Morgan fingerprint density at radius 1 is 1.18 bits per heavy atom. The lowest BCUT2D eigenvalue weighted by Crippen LogP contribution is -2.25. The third-order valence-electron chi connectivity index (χ3n) is 2.57. The van der Waals surface area contributed by atoms with Crippen LogP contribution in [0.5, 0.6) is 0 Å². The summed E-state index contributed by atoms with van der Waals surface area (Å²) in [5.41, 5.74) is 0.998. The van der Waals surface area contributed by atoms with Crippen LogP contribution in [-0.2, 0) is 11.2 Å². The molecule has 2 aromatic carbocycles. The Bertz CT molecular complexity index is 581. The van der Waals surface area contributed by atoms with Crippen molar-refractivity contribution in [3.05, 3.63) is 48.0 Å². The average Bonchev–Trinajstić information content (AvgIpc) is 2.36. The lowest BCUT2D eigenvalue weighted by atomic mass is 10.1. The van der Waals surface area contributed by atoms with Gasteiger partial charge in [0, 0.05) is 0 Å². The van der Waals surface area contributed by atoms with E-state index in [1.807, 2.05) is 36.4 Å². The van der Waals surface area contributed by atoms with Crippen LogP contribution in [0.25, 0.3) is 10.8 Å². The Hall–Kier alpha value is -2.27. The van der Waals surface area contributed by atoms with Crippen molar-refractivity contribution in [2.45, 2.75) is 6.42 Å². The van der Waals surface area contributed by atoms with Gasteiger partial charge in [-0.15, -0.1) is 6.42 Å². The summed E-state index contributed by atoms with van der Waals surface area (Å²) < 4.78 is 0. The van der Waals surface area contributed by atoms with Crippen molar-refractivity contribution in [1.82, 2.24) is 5.32 Å². The monoisotopic (exact) mass is 223 g/mol. The van der Waals surface area contributed by atoms with E-state index in [2.05, 4.69) is 17.3 Å². The Labute approximate surface area is 101 Å². The zero-order valence-corrected chi connectivity index (χ0v) is 9.44. The van der Waals surface area contributed by atoms with Crippen LogP contribution in [0.2, 0.25) is 0 Å². The van der Waals surface area contributed by atoms with Crippen LogP contribution in [0, 0.1) is 12.3 Å². The molecule has 1 N–H and O–H groups in total. The fourth-order valence-corrected chi connectivity index (χ4v) is 1.75. The van der Waals surface area contributed by atoms with Gasteiger partial charge in [0.15, 0.2) is 0 Å². The highest BCUT2D eigenvalue weighted by molar-refractivity contribution is 5.85. The summed E-state index contributed by atoms with van der Waals surface area (Å²) in [6.45, 7) is 0.284. The second-order valence-electron chi connectivity index (χ2n) is 3.84. The number of hydrogen-bond acceptors (Lipinski definition) is 1. The van der Waals surface area contributed by atoms with Crippen LogP contribution in [0.1, 0.15) is 5.56 Å². The molecule has 0 aliphatic carbocycles. The highest BCUT2D eigenvalue weighted by atomic mass is 16.1. The standard InChI is InChI=1S/C15H13NO/c1-2-9-16-15(17)11-12-7-8-13-5-3-4-6-14(13)10-12/h1,3-8,10H,9,11H2,(H,16,17). The molecular formula is C15H13NO. The Morgan fingerprint density at radius 3 is 2.71 bits per heavy atom. The van der Waals surface area contributed by atoms with Gasteiger partial charge in [0.2, 0.25) is 5.91 Å². The van der Waals surface area contributed by atoms with E-state index in [-0.39, 0.29) is 12.5 Å². The molecule has 0 spiro atoms. The molecule has 0 fully saturated rings. The van der Waals surface area contributed by atoms with E-state index >= 15 is 0 Å². The molecule has 2 nitrogen and oxygen atoms in total. The lowest BCUT2D eigenvalue weighted by Gasteiger charge is -2.04. The lowest BCUT2D eigenvalue weighted by molar-refractivity contribution is -0.120. The molecule has 0 aromatic heterocycles. The van der Waals surface area contributed by atoms with E-state index in [4.69, 9.17) is 6.42 Å². The van der Waals surface area contributed by atoms with Crippen LogP contribution in [0.15, 0.2) is 42.5 Å². The first-order chi connectivity index (χ1) is 8.29. The predicted molar refractivity (Wildman–Crippen MR) is 69.5 cm³/mol. The molecule has 0 heterocycles. The molecule has 84 valence electrons. The molecule has 2 heteroatoms. The number of carbonyl (C=O) groups is 1. The fraction of sp³-hybridized carbons (Fsp3) is 0.133. The van der Waals surface area contributed by atoms with Gasteiger partial charge in [0.25, 0.3) is 0 Å². The summed E-state index contributed by atoms with van der Waals surface area (Å²) in [7, 11) is 0. The van der Waals surface area contributed by atoms with Crippen molar-refractivity contribution < 1.29 is 4.79 Å². The van der Waals surface area contributed by atoms with E-state index in [0.717, 1.165) is 10.9 Å². The molecule has 2 aromatic rings. The number of amides is 1. The maximum absolute atomic E-state index is 11.5. The van der Waals surface area contributed by atoms with Crippen molar-refractivity contribution in [2.24, 2.45) is 0 Å². The second-order valence-corrected chi connectivity index (χ2v) is 3.84. The van der Waals surface area contributed by atoms with Gasteiger partial charge in [-0.3, -0.25) is 4.79 Å². The Kier molecular flexibility index (Phi) is 3.42. The molecule has 0 aliphatic heterocycles. The van der Waals surface area contributed by atoms with Crippen LogP contribution >= 0.6 is 0 Å². The van der Waals surface area contributed by atoms with Crippen LogP contribution in [0.3, 0.4) is 0 Å². The molecule has 0 bridgehead atoms. The quantitative estimate of drug-likeness (QED) is 0.793. The third kappa shape index (κ3) is 2.85. The molecule has 0 atom stereocenters. The van der Waals surface area contributed by atoms with Crippen LogP contribution in [-0.4, -0.2) is 12.5 Å². The van der Waals surface area contributed by atoms with Crippen molar-refractivity contribution in [1.29, 1.82) is 0 Å². The van der Waals surface area contributed by atoms with Crippen molar-refractivity contribution in [3.63, 3.8) is 0 Å². The number of hydrogen-bond donors (Lipinski definition) is 1. The normalized spacial score (nSPS) is 9.82. The van der Waals surface area contributed by atoms with Gasteiger partial charge in [-0.25, -0.2) is 0 Å². The number of benzene rings is 2. The average molecular weight is 223 g/mol. The summed E-state index contributed by atoms with van der Waals surface area (Å²) in [6.07, 6.45) is 5.45. The summed E-state index contributed by atoms with van der Waals surface area (Å²) in [6, 6.07) is 14.1. The fourth-order valence-electron chi connectivity index (χ4n) is 1.75. The third-order valence-corrected chi connectivity index (χ3v) is 2.57. The molecule has 1 amide bonds. The number of terminal acetylenes is 1. The topological polar surface area (TPSA) is 29.1 Å². The largest absolute Gasteiger partial charge is 0.345 e. The summed E-state index contributed by atoms with van der Waals surface area (Å²) in [5, 5.41) is 4.98. The molecule has 0 unspecified atom stereocenters.